The molecule has 0 bridgehead atoms. The standard InChI is InChI=1S/C23H33N5O/c1-16-4-9-21-20(14-16)23(28-12-10-18(24)15-28)27-22(26-21)17-5-7-19(8-6-17)25-11-3-13-29-2/h4,9,14,17-18H,3,5-8,10-13,15,24H2,1-2H3/t17?,18-/m1/s1. The van der Waals surface area contributed by atoms with Crippen LogP contribution in [0.15, 0.2) is 23.2 Å². The molecule has 1 saturated carbocycles. The molecular weight excluding hydrogens is 362 g/mol. The average Bonchev–Trinajstić information content (AvgIpc) is 3.17. The molecule has 0 amide bonds. The first-order valence-electron chi connectivity index (χ1n) is 10.9. The van der Waals surface area contributed by atoms with Gasteiger partial charge in [-0.2, -0.15) is 0 Å². The molecule has 0 radical (unpaired) electrons. The number of aliphatic imine (C=N–C) groups is 1. The molecule has 29 heavy (non-hydrogen) atoms. The number of benzene rings is 1. The Bertz CT molecular complexity index is 871. The summed E-state index contributed by atoms with van der Waals surface area (Å²) < 4.78 is 5.11. The van der Waals surface area contributed by atoms with Crippen molar-refractivity contribution in [2.24, 2.45) is 10.7 Å². The van der Waals surface area contributed by atoms with Crippen LogP contribution in [0.2, 0.25) is 0 Å². The summed E-state index contributed by atoms with van der Waals surface area (Å²) in [5.41, 5.74) is 9.82. The van der Waals surface area contributed by atoms with Crippen LogP contribution in [0.25, 0.3) is 10.9 Å². The zero-order chi connectivity index (χ0) is 20.2. The Morgan fingerprint density at radius 1 is 1.21 bits per heavy atom. The summed E-state index contributed by atoms with van der Waals surface area (Å²) in [5.74, 6) is 2.48. The first kappa shape index (κ1) is 20.2. The van der Waals surface area contributed by atoms with Gasteiger partial charge in [0, 0.05) is 56.4 Å². The summed E-state index contributed by atoms with van der Waals surface area (Å²) in [5, 5.41) is 1.15. The zero-order valence-electron chi connectivity index (χ0n) is 17.7. The van der Waals surface area contributed by atoms with Crippen molar-refractivity contribution >= 4 is 22.4 Å². The number of aromatic nitrogens is 2. The van der Waals surface area contributed by atoms with Crippen LogP contribution in [-0.2, 0) is 4.74 Å². The van der Waals surface area contributed by atoms with Gasteiger partial charge in [0.05, 0.1) is 5.52 Å². The van der Waals surface area contributed by atoms with Crippen LogP contribution in [0.1, 0.15) is 55.8 Å². The maximum Gasteiger partial charge on any atom is 0.140 e. The van der Waals surface area contributed by atoms with Gasteiger partial charge < -0.3 is 15.4 Å². The van der Waals surface area contributed by atoms with E-state index >= 15 is 0 Å². The number of hydrogen-bond donors (Lipinski definition) is 1. The summed E-state index contributed by atoms with van der Waals surface area (Å²) in [6.45, 7) is 5.64. The first-order chi connectivity index (χ1) is 14.1. The quantitative estimate of drug-likeness (QED) is 0.756. The number of methoxy groups -OCH3 is 1. The highest BCUT2D eigenvalue weighted by Gasteiger charge is 2.26. The number of nitrogens with zero attached hydrogens (tertiary/aromatic N) is 4. The number of nitrogens with two attached hydrogens (primary N) is 1. The molecule has 6 heteroatoms. The van der Waals surface area contributed by atoms with Gasteiger partial charge in [0.25, 0.3) is 0 Å². The van der Waals surface area contributed by atoms with Crippen LogP contribution < -0.4 is 10.6 Å². The minimum absolute atomic E-state index is 0.236. The lowest BCUT2D eigenvalue weighted by molar-refractivity contribution is 0.197. The van der Waals surface area contributed by atoms with E-state index in [2.05, 4.69) is 30.0 Å². The average molecular weight is 396 g/mol. The normalized spacial score (nSPS) is 22.4. The Morgan fingerprint density at radius 2 is 2.03 bits per heavy atom. The topological polar surface area (TPSA) is 76.6 Å². The van der Waals surface area contributed by atoms with Crippen LogP contribution in [0.3, 0.4) is 0 Å². The van der Waals surface area contributed by atoms with E-state index in [1.165, 1.54) is 11.3 Å². The third-order valence-electron chi connectivity index (χ3n) is 6.14. The van der Waals surface area contributed by atoms with Crippen LogP contribution >= 0.6 is 0 Å². The number of rotatable bonds is 6. The molecule has 1 saturated heterocycles. The fourth-order valence-electron chi connectivity index (χ4n) is 4.46. The Kier molecular flexibility index (Phi) is 6.40. The van der Waals surface area contributed by atoms with Gasteiger partial charge in [-0.25, -0.2) is 9.97 Å². The molecule has 2 aliphatic rings. The van der Waals surface area contributed by atoms with E-state index in [9.17, 15) is 0 Å². The van der Waals surface area contributed by atoms with Gasteiger partial charge in [-0.15, -0.1) is 0 Å². The number of fused-ring (bicyclic) bond motifs is 1. The second kappa shape index (κ2) is 9.18. The Labute approximate surface area is 173 Å². The monoisotopic (exact) mass is 395 g/mol. The Morgan fingerprint density at radius 3 is 2.76 bits per heavy atom. The van der Waals surface area contributed by atoms with Crippen molar-refractivity contribution in [3.63, 3.8) is 0 Å². The largest absolute Gasteiger partial charge is 0.385 e. The fourth-order valence-corrected chi connectivity index (χ4v) is 4.46. The molecule has 4 rings (SSSR count). The molecule has 2 fully saturated rings. The van der Waals surface area contributed by atoms with Crippen LogP contribution in [0, 0.1) is 6.92 Å². The lowest BCUT2D eigenvalue weighted by atomic mass is 9.87. The van der Waals surface area contributed by atoms with Crippen LogP contribution in [0.5, 0.6) is 0 Å². The molecule has 1 aromatic carbocycles. The molecule has 0 unspecified atom stereocenters. The van der Waals surface area contributed by atoms with Gasteiger partial charge in [-0.3, -0.25) is 4.99 Å². The molecule has 2 aromatic rings. The van der Waals surface area contributed by atoms with Gasteiger partial charge in [-0.05, 0) is 57.6 Å². The van der Waals surface area contributed by atoms with Gasteiger partial charge in [0.15, 0.2) is 0 Å². The molecule has 1 aromatic heterocycles. The van der Waals surface area contributed by atoms with Crippen molar-refractivity contribution in [1.29, 1.82) is 0 Å². The predicted octanol–water partition coefficient (Wildman–Crippen LogP) is 3.61. The summed E-state index contributed by atoms with van der Waals surface area (Å²) >= 11 is 0. The fraction of sp³-hybridized carbons (Fsp3) is 0.609. The molecule has 2 N–H and O–H groups in total. The molecular formula is C23H33N5O. The number of ether oxygens (including phenoxy) is 1. The number of anilines is 1. The Balaban J connectivity index is 1.54. The third-order valence-corrected chi connectivity index (χ3v) is 6.14. The minimum atomic E-state index is 0.236. The summed E-state index contributed by atoms with van der Waals surface area (Å²) in [6.07, 6.45) is 6.30. The summed E-state index contributed by atoms with van der Waals surface area (Å²) in [7, 11) is 1.74. The van der Waals surface area contributed by atoms with Crippen LogP contribution in [0.4, 0.5) is 5.82 Å². The van der Waals surface area contributed by atoms with E-state index in [0.29, 0.717) is 5.92 Å². The maximum absolute atomic E-state index is 6.19. The van der Waals surface area contributed by atoms with E-state index in [4.69, 9.17) is 25.4 Å². The molecule has 6 nitrogen and oxygen atoms in total. The second-order valence-corrected chi connectivity index (χ2v) is 8.49. The lowest BCUT2D eigenvalue weighted by Gasteiger charge is -2.25. The number of hydrogen-bond acceptors (Lipinski definition) is 6. The zero-order valence-corrected chi connectivity index (χ0v) is 17.7. The smallest absolute Gasteiger partial charge is 0.140 e. The SMILES string of the molecule is COCCCN=C1CCC(c2nc(N3CC[C@@H](N)C3)c3cc(C)ccc3n2)CC1. The first-order valence-corrected chi connectivity index (χ1v) is 10.9. The molecule has 1 aliphatic heterocycles. The number of aryl methyl sites for hydroxylation is 1. The minimum Gasteiger partial charge on any atom is -0.385 e. The highest BCUT2D eigenvalue weighted by molar-refractivity contribution is 5.90. The molecule has 0 spiro atoms. The van der Waals surface area contributed by atoms with Crippen LogP contribution in [-0.4, -0.2) is 55.1 Å². The lowest BCUT2D eigenvalue weighted by Crippen LogP contribution is -2.27. The van der Waals surface area contributed by atoms with E-state index in [1.807, 2.05) is 0 Å². The van der Waals surface area contributed by atoms with Crippen molar-refractivity contribution in [3.05, 3.63) is 29.6 Å². The molecule has 2 heterocycles. The van der Waals surface area contributed by atoms with E-state index in [0.717, 1.165) is 87.3 Å². The van der Waals surface area contributed by atoms with E-state index in [-0.39, 0.29) is 6.04 Å². The summed E-state index contributed by atoms with van der Waals surface area (Å²) in [6, 6.07) is 6.73. The van der Waals surface area contributed by atoms with Crippen molar-refractivity contribution in [2.45, 2.75) is 57.4 Å². The Hall–Kier alpha value is -2.05. The second-order valence-electron chi connectivity index (χ2n) is 8.49. The van der Waals surface area contributed by atoms with E-state index in [1.54, 1.807) is 7.11 Å². The third kappa shape index (κ3) is 4.75. The maximum atomic E-state index is 6.19. The molecule has 1 aliphatic carbocycles. The molecule has 156 valence electrons. The van der Waals surface area contributed by atoms with Gasteiger partial charge in [0.1, 0.15) is 11.6 Å². The van der Waals surface area contributed by atoms with E-state index < -0.39 is 0 Å². The predicted molar refractivity (Wildman–Crippen MR) is 119 cm³/mol. The van der Waals surface area contributed by atoms with Crippen molar-refractivity contribution in [1.82, 2.24) is 9.97 Å². The van der Waals surface area contributed by atoms with Crippen molar-refractivity contribution in [3.8, 4) is 0 Å². The highest BCUT2D eigenvalue weighted by atomic mass is 16.5. The molecule has 1 atom stereocenters. The van der Waals surface area contributed by atoms with Gasteiger partial charge >= 0.3 is 0 Å². The van der Waals surface area contributed by atoms with Crippen molar-refractivity contribution in [2.75, 3.05) is 38.3 Å². The van der Waals surface area contributed by atoms with Crippen molar-refractivity contribution < 1.29 is 4.74 Å². The summed E-state index contributed by atoms with van der Waals surface area (Å²) in [4.78, 5) is 17.2. The van der Waals surface area contributed by atoms with Gasteiger partial charge in [0.2, 0.25) is 0 Å². The van der Waals surface area contributed by atoms with Gasteiger partial charge in [-0.1, -0.05) is 11.6 Å². The highest BCUT2D eigenvalue weighted by Crippen LogP contribution is 2.34.